The number of ether oxygens (including phenoxy) is 2. The Kier molecular flexibility index (Phi) is 7.99. The van der Waals surface area contributed by atoms with Crippen LogP contribution in [0.2, 0.25) is 0 Å². The van der Waals surface area contributed by atoms with E-state index >= 15 is 0 Å². The van der Waals surface area contributed by atoms with Crippen LogP contribution >= 0.6 is 11.3 Å². The predicted molar refractivity (Wildman–Crippen MR) is 123 cm³/mol. The van der Waals surface area contributed by atoms with Crippen molar-refractivity contribution in [3.05, 3.63) is 46.2 Å². The molecule has 1 aromatic carbocycles. The topological polar surface area (TPSA) is 75.1 Å². The molecule has 0 radical (unpaired) electrons. The molecule has 0 saturated heterocycles. The van der Waals surface area contributed by atoms with Gasteiger partial charge in [-0.1, -0.05) is 12.1 Å². The average molecular weight is 432 g/mol. The molecule has 1 aromatic heterocycles. The quantitative estimate of drug-likeness (QED) is 0.413. The third-order valence-corrected chi connectivity index (χ3v) is 6.36. The Balaban J connectivity index is 1.66. The van der Waals surface area contributed by atoms with E-state index in [0.717, 1.165) is 41.3 Å². The van der Waals surface area contributed by atoms with Gasteiger partial charge >= 0.3 is 0 Å². The van der Waals surface area contributed by atoms with Gasteiger partial charge in [-0.15, -0.1) is 11.3 Å². The van der Waals surface area contributed by atoms with Gasteiger partial charge in [0, 0.05) is 11.4 Å². The Hall–Kier alpha value is -2.25. The summed E-state index contributed by atoms with van der Waals surface area (Å²) in [6.45, 7) is 5.45. The summed E-state index contributed by atoms with van der Waals surface area (Å²) in [5, 5.41) is 19.2. The number of aliphatic imine (C=N–C) groups is 1. The van der Waals surface area contributed by atoms with Gasteiger partial charge in [0.1, 0.15) is 5.60 Å². The van der Waals surface area contributed by atoms with E-state index in [1.165, 1.54) is 12.8 Å². The molecule has 1 fully saturated rings. The number of thiophene rings is 1. The Morgan fingerprint density at radius 1 is 1.23 bits per heavy atom. The normalized spacial score (nSPS) is 16.9. The molecule has 7 heteroatoms. The van der Waals surface area contributed by atoms with Crippen molar-refractivity contribution in [1.29, 1.82) is 0 Å². The Morgan fingerprint density at radius 2 is 2.03 bits per heavy atom. The van der Waals surface area contributed by atoms with Gasteiger partial charge in [-0.05, 0) is 68.7 Å². The molecular weight excluding hydrogens is 398 g/mol. The van der Waals surface area contributed by atoms with Crippen LogP contribution in [-0.4, -0.2) is 37.4 Å². The van der Waals surface area contributed by atoms with Gasteiger partial charge in [0.25, 0.3) is 0 Å². The molecular formula is C23H33N3O3S. The van der Waals surface area contributed by atoms with Crippen LogP contribution in [0.3, 0.4) is 0 Å². The standard InChI is InChI=1S/C23H33N3O3S/c1-4-24-22(26-16-23(2,27)21-10-7-13-30-21)25-15-17-11-12-19(28-3)20(14-17)29-18-8-5-6-9-18/h7,10-14,18,27H,4-6,8-9,15-16H2,1-3H3,(H2,24,25,26). The smallest absolute Gasteiger partial charge is 0.191 e. The number of hydrogen-bond acceptors (Lipinski definition) is 5. The van der Waals surface area contributed by atoms with Crippen LogP contribution < -0.4 is 20.1 Å². The van der Waals surface area contributed by atoms with E-state index < -0.39 is 5.60 Å². The maximum absolute atomic E-state index is 10.7. The highest BCUT2D eigenvalue weighted by atomic mass is 32.1. The first-order valence-electron chi connectivity index (χ1n) is 10.6. The minimum absolute atomic E-state index is 0.274. The van der Waals surface area contributed by atoms with E-state index in [2.05, 4.69) is 15.6 Å². The minimum atomic E-state index is -0.952. The zero-order valence-electron chi connectivity index (χ0n) is 18.1. The highest BCUT2D eigenvalue weighted by molar-refractivity contribution is 7.10. The largest absolute Gasteiger partial charge is 0.493 e. The van der Waals surface area contributed by atoms with Gasteiger partial charge in [-0.3, -0.25) is 0 Å². The molecule has 3 rings (SSSR count). The van der Waals surface area contributed by atoms with Crippen LogP contribution in [0.4, 0.5) is 0 Å². The van der Waals surface area contributed by atoms with Crippen LogP contribution in [0.5, 0.6) is 11.5 Å². The highest BCUT2D eigenvalue weighted by Crippen LogP contribution is 2.32. The number of benzene rings is 1. The lowest BCUT2D eigenvalue weighted by molar-refractivity contribution is 0.0655. The SMILES string of the molecule is CCNC(=NCc1ccc(OC)c(OC2CCCC2)c1)NCC(C)(O)c1cccs1. The molecule has 0 bridgehead atoms. The maximum atomic E-state index is 10.7. The zero-order chi connectivity index (χ0) is 21.4. The van der Waals surface area contributed by atoms with Crippen molar-refractivity contribution in [1.82, 2.24) is 10.6 Å². The number of guanidine groups is 1. The number of aliphatic hydroxyl groups is 1. The van der Waals surface area contributed by atoms with Gasteiger partial charge in [0.15, 0.2) is 17.5 Å². The Morgan fingerprint density at radius 3 is 2.70 bits per heavy atom. The summed E-state index contributed by atoms with van der Waals surface area (Å²) in [6, 6.07) is 9.86. The summed E-state index contributed by atoms with van der Waals surface area (Å²) < 4.78 is 11.7. The summed E-state index contributed by atoms with van der Waals surface area (Å²) >= 11 is 1.55. The lowest BCUT2D eigenvalue weighted by atomic mass is 10.1. The van der Waals surface area contributed by atoms with Crippen molar-refractivity contribution in [2.75, 3.05) is 20.2 Å². The summed E-state index contributed by atoms with van der Waals surface area (Å²) in [4.78, 5) is 5.61. The van der Waals surface area contributed by atoms with E-state index in [0.29, 0.717) is 19.0 Å². The van der Waals surface area contributed by atoms with Crippen molar-refractivity contribution >= 4 is 17.3 Å². The fourth-order valence-electron chi connectivity index (χ4n) is 3.54. The average Bonchev–Trinajstić information content (AvgIpc) is 3.45. The van der Waals surface area contributed by atoms with E-state index in [4.69, 9.17) is 9.47 Å². The third-order valence-electron chi connectivity index (χ3n) is 5.24. The number of rotatable bonds is 9. The number of nitrogens with one attached hydrogen (secondary N) is 2. The number of nitrogens with zero attached hydrogens (tertiary/aromatic N) is 1. The Bertz CT molecular complexity index is 815. The summed E-state index contributed by atoms with van der Waals surface area (Å²) in [7, 11) is 1.67. The molecule has 0 amide bonds. The fourth-order valence-corrected chi connectivity index (χ4v) is 4.32. The molecule has 1 aliphatic carbocycles. The molecule has 30 heavy (non-hydrogen) atoms. The molecule has 164 valence electrons. The minimum Gasteiger partial charge on any atom is -0.493 e. The molecule has 3 N–H and O–H groups in total. The lowest BCUT2D eigenvalue weighted by Gasteiger charge is -2.23. The maximum Gasteiger partial charge on any atom is 0.191 e. The number of hydrogen-bond donors (Lipinski definition) is 3. The summed E-state index contributed by atoms with van der Waals surface area (Å²) in [6.07, 6.45) is 4.93. The van der Waals surface area contributed by atoms with Crippen LogP contribution in [0, 0.1) is 0 Å². The van der Waals surface area contributed by atoms with Crippen molar-refractivity contribution in [3.63, 3.8) is 0 Å². The van der Waals surface area contributed by atoms with Crippen molar-refractivity contribution in [2.45, 2.75) is 57.8 Å². The second-order valence-corrected chi connectivity index (χ2v) is 8.76. The molecule has 0 spiro atoms. The fraction of sp³-hybridized carbons (Fsp3) is 0.522. The predicted octanol–water partition coefficient (Wildman–Crippen LogP) is 4.04. The molecule has 1 aliphatic rings. The molecule has 0 aliphatic heterocycles. The van der Waals surface area contributed by atoms with Crippen LogP contribution in [-0.2, 0) is 12.1 Å². The lowest BCUT2D eigenvalue weighted by Crippen LogP contribution is -2.44. The second kappa shape index (κ2) is 10.7. The van der Waals surface area contributed by atoms with E-state index in [-0.39, 0.29) is 6.10 Å². The van der Waals surface area contributed by atoms with Gasteiger partial charge in [-0.2, -0.15) is 0 Å². The van der Waals surface area contributed by atoms with Crippen LogP contribution in [0.1, 0.15) is 50.0 Å². The Labute approximate surface area is 183 Å². The number of methoxy groups -OCH3 is 1. The van der Waals surface area contributed by atoms with E-state index in [1.54, 1.807) is 18.4 Å². The summed E-state index contributed by atoms with van der Waals surface area (Å²) in [5.74, 6) is 2.21. The second-order valence-electron chi connectivity index (χ2n) is 7.81. The van der Waals surface area contributed by atoms with Crippen molar-refractivity contribution in [2.24, 2.45) is 4.99 Å². The van der Waals surface area contributed by atoms with E-state index in [9.17, 15) is 5.11 Å². The highest BCUT2D eigenvalue weighted by Gasteiger charge is 2.24. The van der Waals surface area contributed by atoms with E-state index in [1.807, 2.05) is 49.6 Å². The zero-order valence-corrected chi connectivity index (χ0v) is 18.9. The molecule has 1 unspecified atom stereocenters. The van der Waals surface area contributed by atoms with Crippen LogP contribution in [0.15, 0.2) is 40.7 Å². The summed E-state index contributed by atoms with van der Waals surface area (Å²) in [5.41, 5.74) is 0.0956. The van der Waals surface area contributed by atoms with Crippen molar-refractivity contribution in [3.8, 4) is 11.5 Å². The first-order chi connectivity index (χ1) is 14.5. The van der Waals surface area contributed by atoms with Gasteiger partial charge in [0.05, 0.1) is 26.3 Å². The molecule has 6 nitrogen and oxygen atoms in total. The first kappa shape index (κ1) is 22.4. The van der Waals surface area contributed by atoms with Crippen LogP contribution in [0.25, 0.3) is 0 Å². The van der Waals surface area contributed by atoms with Gasteiger partial charge in [0.2, 0.25) is 0 Å². The molecule has 1 saturated carbocycles. The molecule has 1 atom stereocenters. The van der Waals surface area contributed by atoms with Crippen molar-refractivity contribution < 1.29 is 14.6 Å². The molecule has 2 aromatic rings. The third kappa shape index (κ3) is 6.12. The first-order valence-corrected chi connectivity index (χ1v) is 11.5. The molecule has 1 heterocycles. The monoisotopic (exact) mass is 431 g/mol. The van der Waals surface area contributed by atoms with Gasteiger partial charge in [-0.25, -0.2) is 4.99 Å². The van der Waals surface area contributed by atoms with Gasteiger partial charge < -0.3 is 25.2 Å².